The fourth-order valence-electron chi connectivity index (χ4n) is 6.05. The van der Waals surface area contributed by atoms with Crippen molar-refractivity contribution in [2.75, 3.05) is 0 Å². The van der Waals surface area contributed by atoms with Crippen molar-refractivity contribution in [2.24, 2.45) is 16.7 Å². The number of nitriles is 1. The van der Waals surface area contributed by atoms with Gasteiger partial charge in [-0.2, -0.15) is 5.26 Å². The minimum Gasteiger partial charge on any atom is -0.489 e. The Hall–Kier alpha value is -2.84. The summed E-state index contributed by atoms with van der Waals surface area (Å²) in [4.78, 5) is 27.7. The van der Waals surface area contributed by atoms with E-state index in [0.29, 0.717) is 34.0 Å². The maximum absolute atomic E-state index is 13.4. The van der Waals surface area contributed by atoms with Gasteiger partial charge in [0.15, 0.2) is 5.78 Å². The molecule has 0 atom stereocenters. The van der Waals surface area contributed by atoms with Crippen molar-refractivity contribution in [1.82, 2.24) is 4.90 Å². The minimum atomic E-state index is -0.321. The second-order valence-electron chi connectivity index (χ2n) is 10.6. The van der Waals surface area contributed by atoms with Crippen LogP contribution in [0.4, 0.5) is 0 Å². The number of benzene rings is 2. The largest absolute Gasteiger partial charge is 0.489 e. The third-order valence-electron chi connectivity index (χ3n) is 7.13. The minimum absolute atomic E-state index is 0.000404. The van der Waals surface area contributed by atoms with Gasteiger partial charge < -0.3 is 9.64 Å². The summed E-state index contributed by atoms with van der Waals surface area (Å²) in [5.41, 5.74) is 2.00. The van der Waals surface area contributed by atoms with Gasteiger partial charge in [0.05, 0.1) is 10.6 Å². The predicted molar refractivity (Wildman–Crippen MR) is 127 cm³/mol. The SMILES string of the molecule is CC(C)C(=O)c1ccc2c(c1)CN([C@H]1C(C)(C)[C@H](Oc3ccc(C#N)c(Cl)c3)C1(C)C)C2=O. The number of amides is 1. The summed E-state index contributed by atoms with van der Waals surface area (Å²) in [5.74, 6) is 0.605. The number of nitrogens with zero attached hydrogens (tertiary/aromatic N) is 2. The summed E-state index contributed by atoms with van der Waals surface area (Å²) in [7, 11) is 0. The van der Waals surface area contributed by atoms with Crippen LogP contribution >= 0.6 is 11.6 Å². The van der Waals surface area contributed by atoms with Crippen LogP contribution in [0.25, 0.3) is 0 Å². The second-order valence-corrected chi connectivity index (χ2v) is 11.0. The molecule has 0 bridgehead atoms. The first-order chi connectivity index (χ1) is 15.4. The molecule has 1 aliphatic heterocycles. The number of ether oxygens (including phenoxy) is 1. The molecule has 0 saturated heterocycles. The first-order valence-electron chi connectivity index (χ1n) is 11.2. The lowest BCUT2D eigenvalue weighted by molar-refractivity contribution is -0.199. The zero-order chi connectivity index (χ0) is 24.3. The standard InChI is InChI=1S/C27H29ClN2O3/c1-15(2)22(31)16-8-10-20-18(11-16)14-30(23(20)32)24-26(3,4)25(27(24,5)6)33-19-9-7-17(13-29)21(28)12-19/h7-12,15,24-25H,14H2,1-6H3/t24-,25-. The molecular formula is C27H29ClN2O3. The molecule has 172 valence electrons. The average Bonchev–Trinajstić information content (AvgIpc) is 3.05. The number of Topliss-reactive ketones (excluding diaryl/α,β-unsaturated/α-hetero) is 1. The number of hydrogen-bond donors (Lipinski definition) is 0. The first kappa shape index (κ1) is 23.3. The molecule has 1 heterocycles. The molecule has 0 unspecified atom stereocenters. The molecule has 2 aromatic carbocycles. The fourth-order valence-corrected chi connectivity index (χ4v) is 6.26. The third kappa shape index (κ3) is 3.61. The van der Waals surface area contributed by atoms with E-state index >= 15 is 0 Å². The van der Waals surface area contributed by atoms with Crippen molar-refractivity contribution in [2.45, 2.75) is 60.2 Å². The normalized spacial score (nSPS) is 22.5. The number of rotatable bonds is 5. The Morgan fingerprint density at radius 2 is 1.82 bits per heavy atom. The molecule has 0 radical (unpaired) electrons. The zero-order valence-corrected chi connectivity index (χ0v) is 20.7. The summed E-state index contributed by atoms with van der Waals surface area (Å²) in [5, 5.41) is 9.47. The molecule has 6 heteroatoms. The average molecular weight is 465 g/mol. The van der Waals surface area contributed by atoms with Gasteiger partial charge in [0.2, 0.25) is 0 Å². The third-order valence-corrected chi connectivity index (χ3v) is 7.45. The summed E-state index contributed by atoms with van der Waals surface area (Å²) < 4.78 is 6.36. The Bertz CT molecular complexity index is 1180. The van der Waals surface area contributed by atoms with Gasteiger partial charge in [-0.1, -0.05) is 59.2 Å². The highest BCUT2D eigenvalue weighted by Crippen LogP contribution is 2.59. The Labute approximate surface area is 200 Å². The highest BCUT2D eigenvalue weighted by molar-refractivity contribution is 6.31. The van der Waals surface area contributed by atoms with E-state index < -0.39 is 0 Å². The van der Waals surface area contributed by atoms with Gasteiger partial charge in [0.25, 0.3) is 5.91 Å². The van der Waals surface area contributed by atoms with Crippen LogP contribution in [0.3, 0.4) is 0 Å². The van der Waals surface area contributed by atoms with Crippen molar-refractivity contribution in [3.8, 4) is 11.8 Å². The second kappa shape index (κ2) is 7.88. The predicted octanol–water partition coefficient (Wildman–Crippen LogP) is 5.89. The van der Waals surface area contributed by atoms with Crippen LogP contribution in [0.15, 0.2) is 36.4 Å². The van der Waals surface area contributed by atoms with Crippen molar-refractivity contribution < 1.29 is 14.3 Å². The van der Waals surface area contributed by atoms with E-state index in [1.54, 1.807) is 30.3 Å². The van der Waals surface area contributed by atoms with E-state index in [1.807, 2.05) is 24.8 Å². The van der Waals surface area contributed by atoms with Gasteiger partial charge in [0, 0.05) is 46.5 Å². The summed E-state index contributed by atoms with van der Waals surface area (Å²) in [6.45, 7) is 12.7. The number of carbonyl (C=O) groups excluding carboxylic acids is 2. The van der Waals surface area contributed by atoms with Gasteiger partial charge in [-0.3, -0.25) is 9.59 Å². The van der Waals surface area contributed by atoms with Crippen LogP contribution in [0, 0.1) is 28.1 Å². The van der Waals surface area contributed by atoms with Crippen LogP contribution in [0.2, 0.25) is 5.02 Å². The highest BCUT2D eigenvalue weighted by atomic mass is 35.5. The molecule has 4 rings (SSSR count). The van der Waals surface area contributed by atoms with Gasteiger partial charge >= 0.3 is 0 Å². The van der Waals surface area contributed by atoms with Gasteiger partial charge in [-0.25, -0.2) is 0 Å². The topological polar surface area (TPSA) is 70.4 Å². The van der Waals surface area contributed by atoms with Crippen molar-refractivity contribution in [3.63, 3.8) is 0 Å². The molecule has 0 spiro atoms. The van der Waals surface area contributed by atoms with E-state index in [1.165, 1.54) is 0 Å². The molecule has 5 nitrogen and oxygen atoms in total. The van der Waals surface area contributed by atoms with Crippen molar-refractivity contribution in [1.29, 1.82) is 5.26 Å². The maximum Gasteiger partial charge on any atom is 0.254 e. The molecule has 1 saturated carbocycles. The number of fused-ring (bicyclic) bond motifs is 1. The Balaban J connectivity index is 1.58. The molecule has 1 aliphatic carbocycles. The number of carbonyl (C=O) groups is 2. The molecular weight excluding hydrogens is 436 g/mol. The van der Waals surface area contributed by atoms with Crippen LogP contribution < -0.4 is 4.74 Å². The highest BCUT2D eigenvalue weighted by Gasteiger charge is 2.66. The van der Waals surface area contributed by atoms with Crippen molar-refractivity contribution >= 4 is 23.3 Å². The molecule has 1 amide bonds. The molecule has 1 fully saturated rings. The van der Waals surface area contributed by atoms with Crippen LogP contribution in [-0.4, -0.2) is 28.7 Å². The van der Waals surface area contributed by atoms with E-state index in [9.17, 15) is 9.59 Å². The quantitative estimate of drug-likeness (QED) is 0.517. The smallest absolute Gasteiger partial charge is 0.254 e. The number of hydrogen-bond acceptors (Lipinski definition) is 4. The zero-order valence-electron chi connectivity index (χ0n) is 19.9. The molecule has 33 heavy (non-hydrogen) atoms. The molecule has 2 aliphatic rings. The van der Waals surface area contributed by atoms with Crippen molar-refractivity contribution in [3.05, 3.63) is 63.7 Å². The lowest BCUT2D eigenvalue weighted by atomic mass is 9.49. The maximum atomic E-state index is 13.4. The summed E-state index contributed by atoms with van der Waals surface area (Å²) in [6, 6.07) is 12.5. The van der Waals surface area contributed by atoms with Gasteiger partial charge in [-0.15, -0.1) is 0 Å². The lowest BCUT2D eigenvalue weighted by Gasteiger charge is -2.65. The summed E-state index contributed by atoms with van der Waals surface area (Å²) >= 11 is 6.19. The van der Waals surface area contributed by atoms with E-state index in [4.69, 9.17) is 21.6 Å². The Morgan fingerprint density at radius 1 is 1.15 bits per heavy atom. The fraction of sp³-hybridized carbons (Fsp3) is 0.444. The van der Waals surface area contributed by atoms with Gasteiger partial charge in [-0.05, 0) is 29.8 Å². The summed E-state index contributed by atoms with van der Waals surface area (Å²) in [6.07, 6.45) is -0.159. The van der Waals surface area contributed by atoms with E-state index in [2.05, 4.69) is 33.8 Å². The molecule has 2 aromatic rings. The number of halogens is 1. The van der Waals surface area contributed by atoms with Crippen LogP contribution in [0.1, 0.15) is 73.4 Å². The monoisotopic (exact) mass is 464 g/mol. The molecule has 0 N–H and O–H groups in total. The Kier molecular flexibility index (Phi) is 5.57. The Morgan fingerprint density at radius 3 is 2.39 bits per heavy atom. The van der Waals surface area contributed by atoms with E-state index in [-0.39, 0.29) is 40.6 Å². The van der Waals surface area contributed by atoms with Gasteiger partial charge in [0.1, 0.15) is 17.9 Å². The van der Waals surface area contributed by atoms with Crippen LogP contribution in [0.5, 0.6) is 5.75 Å². The first-order valence-corrected chi connectivity index (χ1v) is 11.6. The lowest BCUT2D eigenvalue weighted by Crippen LogP contribution is -2.74. The van der Waals surface area contributed by atoms with E-state index in [0.717, 1.165) is 5.56 Å². The molecule has 0 aromatic heterocycles. The number of ketones is 1. The van der Waals surface area contributed by atoms with Crippen LogP contribution in [-0.2, 0) is 6.54 Å².